The Hall–Kier alpha value is -1.26. The van der Waals surface area contributed by atoms with Crippen LogP contribution in [0.25, 0.3) is 0 Å². The van der Waals surface area contributed by atoms with Crippen molar-refractivity contribution in [2.75, 3.05) is 136 Å². The van der Waals surface area contributed by atoms with Crippen LogP contribution < -0.4 is 0 Å². The minimum absolute atomic E-state index is 0.0878. The number of nitrogens with zero attached hydrogens (tertiary/aromatic N) is 5. The fourth-order valence-corrected chi connectivity index (χ4v) is 5.61. The minimum atomic E-state index is -0.309. The highest BCUT2D eigenvalue weighted by molar-refractivity contribution is 5.77. The Kier molecular flexibility index (Phi) is 24.2. The molecule has 0 aromatic carbocycles. The van der Waals surface area contributed by atoms with E-state index < -0.39 is 0 Å². The predicted octanol–water partition coefficient (Wildman–Crippen LogP) is 4.89. The van der Waals surface area contributed by atoms with Crippen molar-refractivity contribution >= 4 is 11.9 Å². The maximum atomic E-state index is 12.4. The normalized spacial score (nSPS) is 13.8. The molecule has 9 nitrogen and oxygen atoms in total. The zero-order valence-corrected chi connectivity index (χ0v) is 31.8. The van der Waals surface area contributed by atoms with Crippen molar-refractivity contribution in [2.24, 2.45) is 0 Å². The SMILES string of the molecule is CN(C)CCCCCC[N+](C)(C)CCOC(=O)CCC(=O)OCC[N+](C)(CCCCCCN(C)C)CCCCCC[N+](C)(C)C. The molecule has 0 spiro atoms. The second-order valence-corrected chi connectivity index (χ2v) is 16.0. The van der Waals surface area contributed by atoms with Gasteiger partial charge in [0.15, 0.2) is 0 Å². The first-order valence-corrected chi connectivity index (χ1v) is 18.1. The van der Waals surface area contributed by atoms with Crippen molar-refractivity contribution in [3.63, 3.8) is 0 Å². The number of ether oxygens (including phenoxy) is 2. The molecular formula is C36H78N5O4+3. The van der Waals surface area contributed by atoms with Gasteiger partial charge in [0, 0.05) is 0 Å². The lowest BCUT2D eigenvalue weighted by molar-refractivity contribution is -0.910. The molecule has 0 N–H and O–H groups in total. The van der Waals surface area contributed by atoms with Crippen LogP contribution >= 0.6 is 0 Å². The van der Waals surface area contributed by atoms with Crippen LogP contribution in [0.2, 0.25) is 0 Å². The molecule has 9 heteroatoms. The molecule has 45 heavy (non-hydrogen) atoms. The highest BCUT2D eigenvalue weighted by Crippen LogP contribution is 2.13. The number of esters is 2. The molecule has 0 bridgehead atoms. The number of hydrogen-bond donors (Lipinski definition) is 0. The monoisotopic (exact) mass is 645 g/mol. The summed E-state index contributed by atoms with van der Waals surface area (Å²) in [4.78, 5) is 29.2. The van der Waals surface area contributed by atoms with E-state index in [4.69, 9.17) is 9.47 Å². The summed E-state index contributed by atoms with van der Waals surface area (Å²) in [7, 11) is 22.0. The van der Waals surface area contributed by atoms with E-state index in [-0.39, 0.29) is 24.8 Å². The average Bonchev–Trinajstić information content (AvgIpc) is 2.92. The van der Waals surface area contributed by atoms with E-state index in [2.05, 4.69) is 80.3 Å². The van der Waals surface area contributed by atoms with Crippen LogP contribution in [0, 0.1) is 0 Å². The molecule has 0 saturated carbocycles. The molecular weight excluding hydrogens is 566 g/mol. The summed E-state index contributed by atoms with van der Waals surface area (Å²) >= 11 is 0. The quantitative estimate of drug-likeness (QED) is 0.0631. The van der Waals surface area contributed by atoms with Crippen molar-refractivity contribution in [1.29, 1.82) is 0 Å². The van der Waals surface area contributed by atoms with Gasteiger partial charge in [-0.2, -0.15) is 0 Å². The smallest absolute Gasteiger partial charge is 0.306 e. The molecule has 0 aromatic heterocycles. The Bertz CT molecular complexity index is 754. The van der Waals surface area contributed by atoms with E-state index in [1.54, 1.807) is 0 Å². The number of carbonyl (C=O) groups excluding carboxylic acids is 2. The lowest BCUT2D eigenvalue weighted by atomic mass is 10.1. The predicted molar refractivity (Wildman–Crippen MR) is 189 cm³/mol. The molecule has 0 rings (SSSR count). The maximum Gasteiger partial charge on any atom is 0.306 e. The van der Waals surface area contributed by atoms with Crippen molar-refractivity contribution in [3.05, 3.63) is 0 Å². The molecule has 0 aliphatic carbocycles. The molecule has 268 valence electrons. The first kappa shape index (κ1) is 43.7. The van der Waals surface area contributed by atoms with E-state index in [0.717, 1.165) is 59.3 Å². The second kappa shape index (κ2) is 24.9. The third-order valence-corrected chi connectivity index (χ3v) is 8.84. The Labute approximate surface area is 279 Å². The van der Waals surface area contributed by atoms with Crippen LogP contribution in [0.3, 0.4) is 0 Å². The van der Waals surface area contributed by atoms with E-state index in [9.17, 15) is 9.59 Å². The van der Waals surface area contributed by atoms with Gasteiger partial charge in [-0.25, -0.2) is 0 Å². The molecule has 0 aliphatic heterocycles. The van der Waals surface area contributed by atoms with Gasteiger partial charge in [-0.05, 0) is 105 Å². The van der Waals surface area contributed by atoms with Crippen molar-refractivity contribution < 1.29 is 32.5 Å². The van der Waals surface area contributed by atoms with E-state index in [1.807, 2.05) is 0 Å². The Morgan fingerprint density at radius 3 is 1.27 bits per heavy atom. The van der Waals surface area contributed by atoms with Crippen molar-refractivity contribution in [3.8, 4) is 0 Å². The summed E-state index contributed by atoms with van der Waals surface area (Å²) in [6.45, 7) is 9.26. The molecule has 0 amide bonds. The summed E-state index contributed by atoms with van der Waals surface area (Å²) in [6.07, 6.45) is 15.1. The summed E-state index contributed by atoms with van der Waals surface area (Å²) < 4.78 is 13.9. The van der Waals surface area contributed by atoms with Gasteiger partial charge >= 0.3 is 11.9 Å². The number of carbonyl (C=O) groups is 2. The molecule has 0 aliphatic rings. The minimum Gasteiger partial charge on any atom is -0.460 e. The molecule has 1 unspecified atom stereocenters. The van der Waals surface area contributed by atoms with Gasteiger partial charge in [0.1, 0.15) is 26.3 Å². The van der Waals surface area contributed by atoms with Crippen LogP contribution in [0.5, 0.6) is 0 Å². The Morgan fingerprint density at radius 2 is 0.844 bits per heavy atom. The maximum absolute atomic E-state index is 12.4. The molecule has 0 radical (unpaired) electrons. The van der Waals surface area contributed by atoms with Gasteiger partial charge in [-0.3, -0.25) is 9.59 Å². The first-order valence-electron chi connectivity index (χ1n) is 18.1. The summed E-state index contributed by atoms with van der Waals surface area (Å²) in [5, 5.41) is 0. The zero-order chi connectivity index (χ0) is 34.2. The Morgan fingerprint density at radius 1 is 0.467 bits per heavy atom. The van der Waals surface area contributed by atoms with Crippen LogP contribution in [-0.4, -0.2) is 171 Å². The van der Waals surface area contributed by atoms with Crippen molar-refractivity contribution in [1.82, 2.24) is 9.80 Å². The molecule has 0 aromatic rings. The zero-order valence-electron chi connectivity index (χ0n) is 31.8. The highest BCUT2D eigenvalue weighted by Gasteiger charge is 2.22. The lowest BCUT2D eigenvalue weighted by Crippen LogP contribution is -2.48. The van der Waals surface area contributed by atoms with Crippen LogP contribution in [0.1, 0.15) is 89.9 Å². The lowest BCUT2D eigenvalue weighted by Gasteiger charge is -2.34. The summed E-state index contributed by atoms with van der Waals surface area (Å²) in [5.41, 5.74) is 0. The molecule has 1 atom stereocenters. The van der Waals surface area contributed by atoms with Gasteiger partial charge < -0.3 is 32.7 Å². The number of rotatable bonds is 30. The standard InChI is InChI=1S/C36H78N5O4/c1-37(2)25-17-11-13-20-28-40(8,9)31-33-44-35(42)23-24-36(43)45-34-32-41(10,29-21-14-12-18-26-38(3)4)30-22-16-15-19-27-39(5,6)7/h11-34H2,1-10H3/q+3. The van der Waals surface area contributed by atoms with Gasteiger partial charge in [-0.15, -0.1) is 0 Å². The van der Waals surface area contributed by atoms with Gasteiger partial charge in [0.05, 0.1) is 81.3 Å². The third kappa shape index (κ3) is 29.9. The van der Waals surface area contributed by atoms with Crippen LogP contribution in [0.15, 0.2) is 0 Å². The summed E-state index contributed by atoms with van der Waals surface area (Å²) in [5.74, 6) is -0.608. The fourth-order valence-electron chi connectivity index (χ4n) is 5.61. The first-order chi connectivity index (χ1) is 21.0. The van der Waals surface area contributed by atoms with Crippen LogP contribution in [-0.2, 0) is 19.1 Å². The number of hydrogen-bond acceptors (Lipinski definition) is 6. The summed E-state index contributed by atoms with van der Waals surface area (Å²) in [6, 6.07) is 0. The van der Waals surface area contributed by atoms with Crippen LogP contribution in [0.4, 0.5) is 0 Å². The van der Waals surface area contributed by atoms with E-state index >= 15 is 0 Å². The van der Waals surface area contributed by atoms with Gasteiger partial charge in [0.2, 0.25) is 0 Å². The van der Waals surface area contributed by atoms with Gasteiger partial charge in [-0.1, -0.05) is 12.8 Å². The molecule has 0 fully saturated rings. The molecule has 0 saturated heterocycles. The number of likely N-dealkylation sites (N-methyl/N-ethyl adjacent to an activating group) is 2. The number of unbranched alkanes of at least 4 members (excludes halogenated alkanes) is 9. The average molecular weight is 645 g/mol. The molecule has 0 heterocycles. The van der Waals surface area contributed by atoms with Crippen molar-refractivity contribution in [2.45, 2.75) is 89.9 Å². The van der Waals surface area contributed by atoms with E-state index in [0.29, 0.717) is 13.2 Å². The highest BCUT2D eigenvalue weighted by atomic mass is 16.5. The van der Waals surface area contributed by atoms with Gasteiger partial charge in [0.25, 0.3) is 0 Å². The number of quaternary nitrogens is 3. The third-order valence-electron chi connectivity index (χ3n) is 8.84. The topological polar surface area (TPSA) is 59.1 Å². The Balaban J connectivity index is 4.37. The van der Waals surface area contributed by atoms with E-state index in [1.165, 1.54) is 83.6 Å². The second-order valence-electron chi connectivity index (χ2n) is 16.0. The largest absolute Gasteiger partial charge is 0.460 e. The fraction of sp³-hybridized carbons (Fsp3) is 0.944.